The van der Waals surface area contributed by atoms with Crippen molar-refractivity contribution in [1.82, 2.24) is 5.32 Å². The standard InChI is InChI=1S/C7H11NO3/c1-7(2)4-8-6(10)11-5(7)3-9/h3,5H,4H2,1-2H3,(H,8,10)/t5-/m0/s1. The Morgan fingerprint density at radius 3 is 2.82 bits per heavy atom. The van der Waals surface area contributed by atoms with Gasteiger partial charge in [-0.05, 0) is 0 Å². The van der Waals surface area contributed by atoms with Gasteiger partial charge in [-0.15, -0.1) is 0 Å². The van der Waals surface area contributed by atoms with Crippen LogP contribution in [0.1, 0.15) is 13.8 Å². The topological polar surface area (TPSA) is 55.4 Å². The molecule has 0 spiro atoms. The highest BCUT2D eigenvalue weighted by atomic mass is 16.6. The molecule has 0 radical (unpaired) electrons. The average molecular weight is 157 g/mol. The molecule has 0 bridgehead atoms. The molecule has 1 fully saturated rings. The molecular weight excluding hydrogens is 146 g/mol. The number of ether oxygens (including phenoxy) is 1. The average Bonchev–Trinajstić information content (AvgIpc) is 1.94. The lowest BCUT2D eigenvalue weighted by atomic mass is 9.86. The summed E-state index contributed by atoms with van der Waals surface area (Å²) in [5.74, 6) is 0. The third-order valence-corrected chi connectivity index (χ3v) is 1.82. The van der Waals surface area contributed by atoms with Gasteiger partial charge in [0.2, 0.25) is 0 Å². The summed E-state index contributed by atoms with van der Waals surface area (Å²) in [6.45, 7) is 4.21. The first-order valence-corrected chi connectivity index (χ1v) is 3.46. The number of carbonyl (C=O) groups excluding carboxylic acids is 2. The molecule has 0 aromatic rings. The van der Waals surface area contributed by atoms with E-state index in [4.69, 9.17) is 4.74 Å². The highest BCUT2D eigenvalue weighted by Crippen LogP contribution is 2.23. The van der Waals surface area contributed by atoms with E-state index in [2.05, 4.69) is 5.32 Å². The summed E-state index contributed by atoms with van der Waals surface area (Å²) in [5, 5.41) is 2.52. The van der Waals surface area contributed by atoms with Crippen molar-refractivity contribution in [3.8, 4) is 0 Å². The van der Waals surface area contributed by atoms with Crippen LogP contribution in [-0.2, 0) is 9.53 Å². The van der Waals surface area contributed by atoms with E-state index in [-0.39, 0.29) is 5.41 Å². The Morgan fingerprint density at radius 2 is 2.36 bits per heavy atom. The van der Waals surface area contributed by atoms with E-state index in [1.807, 2.05) is 13.8 Å². The molecule has 1 N–H and O–H groups in total. The molecule has 0 aliphatic carbocycles. The van der Waals surface area contributed by atoms with Crippen molar-refractivity contribution in [3.05, 3.63) is 0 Å². The van der Waals surface area contributed by atoms with E-state index >= 15 is 0 Å². The van der Waals surface area contributed by atoms with Crippen LogP contribution in [0.2, 0.25) is 0 Å². The normalized spacial score (nSPS) is 28.5. The third kappa shape index (κ3) is 1.50. The Hall–Kier alpha value is -1.06. The molecule has 0 unspecified atom stereocenters. The van der Waals surface area contributed by atoms with Gasteiger partial charge in [0.25, 0.3) is 0 Å². The summed E-state index contributed by atoms with van der Waals surface area (Å²) in [7, 11) is 0. The fourth-order valence-electron chi connectivity index (χ4n) is 0.929. The highest BCUT2D eigenvalue weighted by molar-refractivity contribution is 5.73. The van der Waals surface area contributed by atoms with Crippen molar-refractivity contribution in [2.75, 3.05) is 6.54 Å². The maximum atomic E-state index is 10.6. The van der Waals surface area contributed by atoms with Gasteiger partial charge < -0.3 is 10.1 Å². The van der Waals surface area contributed by atoms with Crippen LogP contribution in [0.3, 0.4) is 0 Å². The Bertz CT molecular complexity index is 188. The van der Waals surface area contributed by atoms with Gasteiger partial charge in [0.15, 0.2) is 12.4 Å². The number of carbonyl (C=O) groups is 2. The zero-order valence-electron chi connectivity index (χ0n) is 6.59. The Labute approximate surface area is 64.9 Å². The van der Waals surface area contributed by atoms with Gasteiger partial charge in [-0.2, -0.15) is 0 Å². The fraction of sp³-hybridized carbons (Fsp3) is 0.714. The van der Waals surface area contributed by atoms with Gasteiger partial charge in [-0.1, -0.05) is 13.8 Å². The largest absolute Gasteiger partial charge is 0.438 e. The number of hydrogen-bond acceptors (Lipinski definition) is 3. The van der Waals surface area contributed by atoms with Crippen LogP contribution in [0.4, 0.5) is 4.79 Å². The molecule has 1 aliphatic rings. The van der Waals surface area contributed by atoms with Crippen molar-refractivity contribution in [2.24, 2.45) is 5.41 Å². The molecule has 1 heterocycles. The minimum atomic E-state index is -0.615. The van der Waals surface area contributed by atoms with Crippen molar-refractivity contribution in [2.45, 2.75) is 20.0 Å². The third-order valence-electron chi connectivity index (χ3n) is 1.82. The first kappa shape index (κ1) is 8.04. The molecule has 1 amide bonds. The van der Waals surface area contributed by atoms with Crippen molar-refractivity contribution in [1.29, 1.82) is 0 Å². The van der Waals surface area contributed by atoms with E-state index < -0.39 is 12.2 Å². The SMILES string of the molecule is CC1(C)CNC(=O)O[C@H]1C=O. The van der Waals surface area contributed by atoms with E-state index in [0.29, 0.717) is 12.8 Å². The van der Waals surface area contributed by atoms with E-state index in [0.717, 1.165) is 0 Å². The Kier molecular flexibility index (Phi) is 1.85. The van der Waals surface area contributed by atoms with Crippen LogP contribution in [0, 0.1) is 5.41 Å². The quantitative estimate of drug-likeness (QED) is 0.558. The monoisotopic (exact) mass is 157 g/mol. The van der Waals surface area contributed by atoms with E-state index in [1.54, 1.807) is 0 Å². The second kappa shape index (κ2) is 2.53. The minimum absolute atomic E-state index is 0.296. The molecule has 1 atom stereocenters. The predicted molar refractivity (Wildman–Crippen MR) is 38.1 cm³/mol. The van der Waals surface area contributed by atoms with Crippen LogP contribution in [0.15, 0.2) is 0 Å². The first-order valence-electron chi connectivity index (χ1n) is 3.46. The second-order valence-electron chi connectivity index (χ2n) is 3.30. The van der Waals surface area contributed by atoms with Crippen molar-refractivity contribution >= 4 is 12.4 Å². The molecule has 1 aliphatic heterocycles. The van der Waals surface area contributed by atoms with Gasteiger partial charge in [0.05, 0.1) is 0 Å². The van der Waals surface area contributed by atoms with Gasteiger partial charge in [-0.3, -0.25) is 4.79 Å². The lowest BCUT2D eigenvalue weighted by Crippen LogP contribution is -2.51. The molecule has 62 valence electrons. The van der Waals surface area contributed by atoms with Gasteiger partial charge in [0.1, 0.15) is 0 Å². The fourth-order valence-corrected chi connectivity index (χ4v) is 0.929. The van der Waals surface area contributed by atoms with Crippen LogP contribution in [0.5, 0.6) is 0 Å². The zero-order valence-corrected chi connectivity index (χ0v) is 6.59. The summed E-state index contributed by atoms with van der Waals surface area (Å²) in [6.07, 6.45) is -0.462. The molecule has 11 heavy (non-hydrogen) atoms. The van der Waals surface area contributed by atoms with Gasteiger partial charge in [0, 0.05) is 12.0 Å². The molecule has 1 saturated heterocycles. The molecule has 4 heteroatoms. The van der Waals surface area contributed by atoms with Gasteiger partial charge in [-0.25, -0.2) is 4.79 Å². The number of cyclic esters (lactones) is 1. The predicted octanol–water partition coefficient (Wildman–Crippen LogP) is 0.320. The molecular formula is C7H11NO3. The molecule has 0 aromatic heterocycles. The number of aldehydes is 1. The Morgan fingerprint density at radius 1 is 1.73 bits per heavy atom. The van der Waals surface area contributed by atoms with Crippen LogP contribution in [-0.4, -0.2) is 25.0 Å². The number of nitrogens with one attached hydrogen (secondary N) is 1. The molecule has 0 aromatic carbocycles. The molecule has 4 nitrogen and oxygen atoms in total. The van der Waals surface area contributed by atoms with Crippen LogP contribution >= 0.6 is 0 Å². The summed E-state index contributed by atoms with van der Waals surface area (Å²) >= 11 is 0. The van der Waals surface area contributed by atoms with Crippen molar-refractivity contribution in [3.63, 3.8) is 0 Å². The summed E-state index contributed by atoms with van der Waals surface area (Å²) in [4.78, 5) is 21.0. The van der Waals surface area contributed by atoms with Crippen LogP contribution < -0.4 is 5.32 Å². The second-order valence-corrected chi connectivity index (χ2v) is 3.30. The minimum Gasteiger partial charge on any atom is -0.438 e. The van der Waals surface area contributed by atoms with Gasteiger partial charge >= 0.3 is 6.09 Å². The highest BCUT2D eigenvalue weighted by Gasteiger charge is 2.36. The van der Waals surface area contributed by atoms with Crippen molar-refractivity contribution < 1.29 is 14.3 Å². The smallest absolute Gasteiger partial charge is 0.407 e. The summed E-state index contributed by atoms with van der Waals surface area (Å²) in [5.41, 5.74) is -0.296. The summed E-state index contributed by atoms with van der Waals surface area (Å²) < 4.78 is 4.73. The molecule has 1 rings (SSSR count). The lowest BCUT2D eigenvalue weighted by molar-refractivity contribution is -0.122. The maximum Gasteiger partial charge on any atom is 0.407 e. The summed E-state index contributed by atoms with van der Waals surface area (Å²) in [6, 6.07) is 0. The van der Waals surface area contributed by atoms with Crippen LogP contribution in [0.25, 0.3) is 0 Å². The number of hydrogen-bond donors (Lipinski definition) is 1. The number of alkyl carbamates (subject to hydrolysis) is 1. The maximum absolute atomic E-state index is 10.6. The first-order chi connectivity index (χ1) is 5.06. The molecule has 0 saturated carbocycles. The van der Waals surface area contributed by atoms with E-state index in [9.17, 15) is 9.59 Å². The lowest BCUT2D eigenvalue weighted by Gasteiger charge is -2.34. The Balaban J connectivity index is 2.70. The zero-order chi connectivity index (χ0) is 8.48. The van der Waals surface area contributed by atoms with E-state index in [1.165, 1.54) is 0 Å². The number of rotatable bonds is 1. The number of amides is 1.